The number of aromatic nitrogens is 1. The zero-order valence-electron chi connectivity index (χ0n) is 13.1. The number of rotatable bonds is 4. The molecule has 0 aliphatic heterocycles. The van der Waals surface area contributed by atoms with Crippen molar-refractivity contribution < 1.29 is 0 Å². The molecular weight excluding hydrogens is 313 g/mol. The minimum Gasteiger partial charge on any atom is -0.306 e. The molecule has 0 N–H and O–H groups in total. The van der Waals surface area contributed by atoms with Gasteiger partial charge in [0, 0.05) is 11.9 Å². The second-order valence-corrected chi connectivity index (χ2v) is 7.42. The fraction of sp³-hybridized carbons (Fsp3) is 0.474. The molecule has 0 saturated heterocycles. The van der Waals surface area contributed by atoms with Crippen LogP contribution in [0.25, 0.3) is 5.69 Å². The summed E-state index contributed by atoms with van der Waals surface area (Å²) in [5, 5.41) is 1.17. The molecule has 3 heteroatoms. The molecule has 0 radical (unpaired) electrons. The van der Waals surface area contributed by atoms with Crippen molar-refractivity contribution in [1.29, 1.82) is 0 Å². The van der Waals surface area contributed by atoms with Crippen LogP contribution in [0.4, 0.5) is 0 Å². The third-order valence-corrected chi connectivity index (χ3v) is 5.76. The lowest BCUT2D eigenvalue weighted by molar-refractivity contribution is 0.278. The molecule has 1 saturated carbocycles. The Morgan fingerprint density at radius 3 is 2.27 bits per heavy atom. The monoisotopic (exact) mass is 335 g/mol. The summed E-state index contributed by atoms with van der Waals surface area (Å²) in [4.78, 5) is 0. The molecule has 22 heavy (non-hydrogen) atoms. The van der Waals surface area contributed by atoms with Crippen LogP contribution < -0.4 is 0 Å². The molecule has 1 nitrogen and oxygen atoms in total. The highest BCUT2D eigenvalue weighted by Gasteiger charge is 2.17. The third-order valence-electron chi connectivity index (χ3n) is 4.97. The normalized spacial score (nSPS) is 22.0. The van der Waals surface area contributed by atoms with Gasteiger partial charge in [-0.15, -0.1) is 0 Å². The fourth-order valence-corrected chi connectivity index (χ4v) is 3.76. The maximum absolute atomic E-state index is 6.19. The summed E-state index contributed by atoms with van der Waals surface area (Å²) in [6, 6.07) is 10.5. The van der Waals surface area contributed by atoms with Gasteiger partial charge >= 0.3 is 0 Å². The average molecular weight is 336 g/mol. The van der Waals surface area contributed by atoms with Gasteiger partial charge in [-0.2, -0.15) is 0 Å². The van der Waals surface area contributed by atoms with E-state index in [1.54, 1.807) is 0 Å². The highest BCUT2D eigenvalue weighted by Crippen LogP contribution is 2.31. The Bertz CT molecular complexity index is 607. The number of nitrogens with zero attached hydrogens (tertiary/aromatic N) is 1. The van der Waals surface area contributed by atoms with E-state index < -0.39 is 0 Å². The first kappa shape index (κ1) is 16.0. The molecule has 0 spiro atoms. The lowest BCUT2D eigenvalue weighted by Gasteiger charge is -2.26. The van der Waals surface area contributed by atoms with Crippen molar-refractivity contribution in [2.75, 3.05) is 0 Å². The first-order valence-corrected chi connectivity index (χ1v) is 9.00. The van der Waals surface area contributed by atoms with Crippen molar-refractivity contribution >= 4 is 23.2 Å². The van der Waals surface area contributed by atoms with Gasteiger partial charge in [-0.05, 0) is 48.4 Å². The largest absolute Gasteiger partial charge is 0.306 e. The molecular formula is C19H23Cl2N. The van der Waals surface area contributed by atoms with Crippen LogP contribution >= 0.6 is 23.2 Å². The zero-order chi connectivity index (χ0) is 15.5. The lowest BCUT2D eigenvalue weighted by Crippen LogP contribution is -2.12. The first-order valence-electron chi connectivity index (χ1n) is 8.25. The lowest BCUT2D eigenvalue weighted by atomic mass is 9.80. The van der Waals surface area contributed by atoms with Crippen molar-refractivity contribution in [3.63, 3.8) is 0 Å². The molecule has 0 bridgehead atoms. The van der Waals surface area contributed by atoms with Crippen LogP contribution in [0.15, 0.2) is 36.5 Å². The molecule has 2 aromatic rings. The van der Waals surface area contributed by atoms with Gasteiger partial charge in [0.15, 0.2) is 0 Å². The summed E-state index contributed by atoms with van der Waals surface area (Å²) >= 11 is 12.2. The summed E-state index contributed by atoms with van der Waals surface area (Å²) in [7, 11) is 0. The number of hydrogen-bond acceptors (Lipinski definition) is 0. The molecule has 1 aliphatic rings. The van der Waals surface area contributed by atoms with Crippen LogP contribution in [0.5, 0.6) is 0 Å². The molecule has 0 atom stereocenters. The van der Waals surface area contributed by atoms with Crippen molar-refractivity contribution in [3.8, 4) is 5.69 Å². The van der Waals surface area contributed by atoms with E-state index in [0.717, 1.165) is 17.5 Å². The topological polar surface area (TPSA) is 4.93 Å². The summed E-state index contributed by atoms with van der Waals surface area (Å²) in [6.07, 6.45) is 10.1. The summed E-state index contributed by atoms with van der Waals surface area (Å²) in [5.41, 5.74) is 2.48. The van der Waals surface area contributed by atoms with E-state index in [2.05, 4.69) is 31.2 Å². The smallest absolute Gasteiger partial charge is 0.132 e. The molecule has 118 valence electrons. The number of hydrogen-bond donors (Lipinski definition) is 0. The molecule has 1 aromatic heterocycles. The van der Waals surface area contributed by atoms with Crippen molar-refractivity contribution in [1.82, 2.24) is 4.57 Å². The maximum Gasteiger partial charge on any atom is 0.132 e. The van der Waals surface area contributed by atoms with E-state index in [9.17, 15) is 0 Å². The number of benzene rings is 1. The van der Waals surface area contributed by atoms with Crippen LogP contribution in [-0.2, 0) is 6.42 Å². The van der Waals surface area contributed by atoms with Crippen LogP contribution in [-0.4, -0.2) is 4.57 Å². The Morgan fingerprint density at radius 1 is 1.00 bits per heavy atom. The number of halogens is 2. The molecule has 1 heterocycles. The summed E-state index contributed by atoms with van der Waals surface area (Å²) < 4.78 is 1.91. The molecule has 1 aliphatic carbocycles. The quantitative estimate of drug-likeness (QED) is 0.597. The maximum atomic E-state index is 6.19. The van der Waals surface area contributed by atoms with Gasteiger partial charge in [-0.3, -0.25) is 0 Å². The molecule has 1 aromatic carbocycles. The molecule has 0 unspecified atom stereocenters. The summed E-state index contributed by atoms with van der Waals surface area (Å²) in [5.74, 6) is 1.86. The van der Waals surface area contributed by atoms with Crippen LogP contribution in [0.3, 0.4) is 0 Å². The second kappa shape index (κ2) is 7.10. The van der Waals surface area contributed by atoms with Crippen LogP contribution in [0.1, 0.15) is 44.6 Å². The van der Waals surface area contributed by atoms with Gasteiger partial charge < -0.3 is 4.57 Å². The third kappa shape index (κ3) is 3.70. The highest BCUT2D eigenvalue weighted by molar-refractivity contribution is 6.41. The first-order chi connectivity index (χ1) is 10.6. The average Bonchev–Trinajstić information content (AvgIpc) is 2.87. The van der Waals surface area contributed by atoms with Crippen molar-refractivity contribution in [3.05, 3.63) is 52.3 Å². The highest BCUT2D eigenvalue weighted by atomic mass is 35.5. The van der Waals surface area contributed by atoms with Gasteiger partial charge in [-0.1, -0.05) is 67.9 Å². The van der Waals surface area contributed by atoms with Gasteiger partial charge in [0.05, 0.1) is 5.02 Å². The SMILES string of the molecule is CC1CCC(CCc2ccc(-n3ccc(Cl)c3Cl)cc2)CC1. The van der Waals surface area contributed by atoms with Gasteiger partial charge in [0.1, 0.15) is 5.15 Å². The Hall–Kier alpha value is -0.920. The Balaban J connectivity index is 1.59. The minimum absolute atomic E-state index is 0.575. The van der Waals surface area contributed by atoms with E-state index in [-0.39, 0.29) is 0 Å². The van der Waals surface area contributed by atoms with E-state index >= 15 is 0 Å². The fourth-order valence-electron chi connectivity index (χ4n) is 3.40. The van der Waals surface area contributed by atoms with E-state index in [0.29, 0.717) is 10.2 Å². The van der Waals surface area contributed by atoms with Crippen molar-refractivity contribution in [2.45, 2.75) is 45.4 Å². The summed E-state index contributed by atoms with van der Waals surface area (Å²) in [6.45, 7) is 2.38. The molecule has 3 rings (SSSR count). The van der Waals surface area contributed by atoms with Gasteiger partial charge in [0.2, 0.25) is 0 Å². The second-order valence-electron chi connectivity index (χ2n) is 6.66. The molecule has 1 fully saturated rings. The van der Waals surface area contributed by atoms with Crippen LogP contribution in [0, 0.1) is 11.8 Å². The predicted octanol–water partition coefficient (Wildman–Crippen LogP) is 6.54. The predicted molar refractivity (Wildman–Crippen MR) is 95.2 cm³/mol. The molecule has 0 amide bonds. The Morgan fingerprint density at radius 2 is 1.68 bits per heavy atom. The standard InChI is InChI=1S/C19H23Cl2N/c1-14-2-4-15(5-3-14)6-7-16-8-10-17(11-9-16)22-13-12-18(20)19(22)21/h8-15H,2-7H2,1H3. The number of aryl methyl sites for hydroxylation is 1. The van der Waals surface area contributed by atoms with Gasteiger partial charge in [0.25, 0.3) is 0 Å². The zero-order valence-corrected chi connectivity index (χ0v) is 14.6. The van der Waals surface area contributed by atoms with E-state index in [1.807, 2.05) is 16.8 Å². The van der Waals surface area contributed by atoms with Gasteiger partial charge in [-0.25, -0.2) is 0 Å². The minimum atomic E-state index is 0.575. The van der Waals surface area contributed by atoms with E-state index in [4.69, 9.17) is 23.2 Å². The van der Waals surface area contributed by atoms with Crippen LogP contribution in [0.2, 0.25) is 10.2 Å². The van der Waals surface area contributed by atoms with E-state index in [1.165, 1.54) is 44.1 Å². The van der Waals surface area contributed by atoms with Crippen molar-refractivity contribution in [2.24, 2.45) is 11.8 Å². The Labute approximate surface area is 143 Å². The Kier molecular flexibility index (Phi) is 5.15.